The Morgan fingerprint density at radius 1 is 1.21 bits per heavy atom. The fraction of sp³-hybridized carbons (Fsp3) is 0.647. The minimum Gasteiger partial charge on any atom is -0.325 e. The Morgan fingerprint density at radius 2 is 1.79 bits per heavy atom. The van der Waals surface area contributed by atoms with Gasteiger partial charge in [0.1, 0.15) is 5.82 Å². The summed E-state index contributed by atoms with van der Waals surface area (Å²) in [5, 5.41) is 0. The van der Waals surface area contributed by atoms with Gasteiger partial charge in [-0.3, -0.25) is 0 Å². The van der Waals surface area contributed by atoms with Crippen molar-refractivity contribution in [3.63, 3.8) is 0 Å². The van der Waals surface area contributed by atoms with Crippen LogP contribution in [0.15, 0.2) is 24.3 Å². The van der Waals surface area contributed by atoms with Crippen molar-refractivity contribution >= 4 is 0 Å². The molecular formula is C17H26FN. The molecule has 0 radical (unpaired) electrons. The molecule has 19 heavy (non-hydrogen) atoms. The summed E-state index contributed by atoms with van der Waals surface area (Å²) in [5.41, 5.74) is 7.40. The molecule has 0 aliphatic heterocycles. The molecule has 0 spiro atoms. The predicted molar refractivity (Wildman–Crippen MR) is 78.4 cm³/mol. The van der Waals surface area contributed by atoms with E-state index in [0.29, 0.717) is 11.8 Å². The number of rotatable bonds is 2. The first-order valence-corrected chi connectivity index (χ1v) is 7.32. The number of halogens is 1. The molecule has 1 aliphatic rings. The molecule has 0 amide bonds. The van der Waals surface area contributed by atoms with Crippen LogP contribution >= 0.6 is 0 Å². The minimum atomic E-state index is -0.218. The molecule has 0 saturated heterocycles. The molecule has 106 valence electrons. The first-order chi connectivity index (χ1) is 8.80. The fourth-order valence-electron chi connectivity index (χ4n) is 3.26. The third-order valence-corrected chi connectivity index (χ3v) is 4.71. The lowest BCUT2D eigenvalue weighted by atomic mass is 9.66. The number of benzene rings is 1. The van der Waals surface area contributed by atoms with E-state index in [2.05, 4.69) is 20.8 Å². The highest BCUT2D eigenvalue weighted by atomic mass is 19.1. The molecule has 0 bridgehead atoms. The van der Waals surface area contributed by atoms with Crippen LogP contribution in [-0.4, -0.2) is 5.54 Å². The zero-order valence-electron chi connectivity index (χ0n) is 12.4. The van der Waals surface area contributed by atoms with Gasteiger partial charge in [-0.2, -0.15) is 0 Å². The average Bonchev–Trinajstić information content (AvgIpc) is 2.31. The lowest BCUT2D eigenvalue weighted by Gasteiger charge is -2.42. The van der Waals surface area contributed by atoms with E-state index in [1.54, 1.807) is 6.07 Å². The standard InChI is InChI=1S/C17H26FN/c1-16(2,3)14-8-10-17(19,11-9-14)12-13-6-4-5-7-15(13)18/h4-7,14H,8-12,19H2,1-3H3. The smallest absolute Gasteiger partial charge is 0.126 e. The van der Waals surface area contributed by atoms with Crippen molar-refractivity contribution in [2.75, 3.05) is 0 Å². The molecule has 1 fully saturated rings. The van der Waals surface area contributed by atoms with Gasteiger partial charge in [-0.1, -0.05) is 39.0 Å². The van der Waals surface area contributed by atoms with Crippen LogP contribution in [0, 0.1) is 17.2 Å². The summed E-state index contributed by atoms with van der Waals surface area (Å²) >= 11 is 0. The van der Waals surface area contributed by atoms with Crippen molar-refractivity contribution in [3.05, 3.63) is 35.6 Å². The molecule has 1 aliphatic carbocycles. The quantitative estimate of drug-likeness (QED) is 0.845. The molecule has 2 heteroatoms. The van der Waals surface area contributed by atoms with E-state index in [9.17, 15) is 4.39 Å². The highest BCUT2D eigenvalue weighted by Gasteiger charge is 2.36. The zero-order valence-corrected chi connectivity index (χ0v) is 12.4. The lowest BCUT2D eigenvalue weighted by molar-refractivity contribution is 0.133. The molecule has 1 nitrogen and oxygen atoms in total. The first-order valence-electron chi connectivity index (χ1n) is 7.32. The van der Waals surface area contributed by atoms with Crippen LogP contribution in [0.1, 0.15) is 52.0 Å². The summed E-state index contributed by atoms with van der Waals surface area (Å²) in [4.78, 5) is 0. The Morgan fingerprint density at radius 3 is 2.32 bits per heavy atom. The van der Waals surface area contributed by atoms with Gasteiger partial charge in [-0.15, -0.1) is 0 Å². The zero-order chi connectivity index (χ0) is 14.1. The largest absolute Gasteiger partial charge is 0.325 e. The van der Waals surface area contributed by atoms with Crippen molar-refractivity contribution in [3.8, 4) is 0 Å². The molecule has 0 unspecified atom stereocenters. The molecule has 2 N–H and O–H groups in total. The summed E-state index contributed by atoms with van der Waals surface area (Å²) in [6, 6.07) is 7.01. The van der Waals surface area contributed by atoms with Gasteiger partial charge >= 0.3 is 0 Å². The van der Waals surface area contributed by atoms with Gasteiger partial charge in [0.2, 0.25) is 0 Å². The topological polar surface area (TPSA) is 26.0 Å². The van der Waals surface area contributed by atoms with Gasteiger partial charge in [0.25, 0.3) is 0 Å². The van der Waals surface area contributed by atoms with Crippen molar-refractivity contribution < 1.29 is 4.39 Å². The van der Waals surface area contributed by atoms with Crippen LogP contribution in [-0.2, 0) is 6.42 Å². The van der Waals surface area contributed by atoms with Gasteiger partial charge in [-0.25, -0.2) is 4.39 Å². The summed E-state index contributed by atoms with van der Waals surface area (Å²) in [5.74, 6) is 0.620. The van der Waals surface area contributed by atoms with E-state index in [1.807, 2.05) is 12.1 Å². The maximum absolute atomic E-state index is 13.7. The molecule has 1 aromatic rings. The Kier molecular flexibility index (Phi) is 4.00. The second-order valence-electron chi connectivity index (χ2n) is 7.27. The van der Waals surface area contributed by atoms with Crippen molar-refractivity contribution in [1.82, 2.24) is 0 Å². The molecular weight excluding hydrogens is 237 g/mol. The molecule has 0 heterocycles. The third kappa shape index (κ3) is 3.56. The van der Waals surface area contributed by atoms with E-state index in [0.717, 1.165) is 37.2 Å². The second kappa shape index (κ2) is 5.24. The summed E-state index contributed by atoms with van der Waals surface area (Å²) in [7, 11) is 0. The summed E-state index contributed by atoms with van der Waals surface area (Å²) in [6.07, 6.45) is 4.99. The minimum absolute atomic E-state index is 0.120. The van der Waals surface area contributed by atoms with Gasteiger partial charge in [0.15, 0.2) is 0 Å². The maximum atomic E-state index is 13.7. The van der Waals surface area contributed by atoms with Gasteiger partial charge in [0.05, 0.1) is 0 Å². The SMILES string of the molecule is CC(C)(C)C1CCC(N)(Cc2ccccc2F)CC1. The monoisotopic (exact) mass is 263 g/mol. The fourth-order valence-corrected chi connectivity index (χ4v) is 3.26. The third-order valence-electron chi connectivity index (χ3n) is 4.71. The van der Waals surface area contributed by atoms with Crippen molar-refractivity contribution in [2.24, 2.45) is 17.1 Å². The average molecular weight is 263 g/mol. The second-order valence-corrected chi connectivity index (χ2v) is 7.27. The Hall–Kier alpha value is -0.890. The van der Waals surface area contributed by atoms with Gasteiger partial charge < -0.3 is 5.73 Å². The van der Waals surface area contributed by atoms with Crippen LogP contribution in [0.2, 0.25) is 0 Å². The Balaban J connectivity index is 2.01. The highest BCUT2D eigenvalue weighted by Crippen LogP contribution is 2.41. The van der Waals surface area contributed by atoms with Crippen molar-refractivity contribution in [1.29, 1.82) is 0 Å². The number of hydrogen-bond donors (Lipinski definition) is 1. The molecule has 0 atom stereocenters. The predicted octanol–water partition coefficient (Wildman–Crippen LogP) is 4.30. The van der Waals surface area contributed by atoms with Crippen LogP contribution in [0.5, 0.6) is 0 Å². The molecule has 2 rings (SSSR count). The van der Waals surface area contributed by atoms with Gasteiger partial charge in [-0.05, 0) is 55.1 Å². The summed E-state index contributed by atoms with van der Waals surface area (Å²) < 4.78 is 13.7. The van der Waals surface area contributed by atoms with E-state index in [4.69, 9.17) is 5.73 Å². The van der Waals surface area contributed by atoms with Crippen LogP contribution in [0.25, 0.3) is 0 Å². The first kappa shape index (κ1) is 14.5. The van der Waals surface area contributed by atoms with Crippen LogP contribution in [0.4, 0.5) is 4.39 Å². The number of hydrogen-bond acceptors (Lipinski definition) is 1. The van der Waals surface area contributed by atoms with E-state index >= 15 is 0 Å². The molecule has 0 aromatic heterocycles. The van der Waals surface area contributed by atoms with E-state index in [-0.39, 0.29) is 11.4 Å². The summed E-state index contributed by atoms with van der Waals surface area (Å²) in [6.45, 7) is 6.91. The van der Waals surface area contributed by atoms with Gasteiger partial charge in [0, 0.05) is 5.54 Å². The Bertz CT molecular complexity index is 425. The molecule has 1 aromatic carbocycles. The highest BCUT2D eigenvalue weighted by molar-refractivity contribution is 5.20. The van der Waals surface area contributed by atoms with Crippen LogP contribution < -0.4 is 5.73 Å². The van der Waals surface area contributed by atoms with E-state index in [1.165, 1.54) is 6.07 Å². The van der Waals surface area contributed by atoms with Crippen LogP contribution in [0.3, 0.4) is 0 Å². The van der Waals surface area contributed by atoms with Crippen molar-refractivity contribution in [2.45, 2.75) is 58.4 Å². The number of nitrogens with two attached hydrogens (primary N) is 1. The lowest BCUT2D eigenvalue weighted by Crippen LogP contribution is -2.46. The molecule has 1 saturated carbocycles. The Labute approximate surface area is 116 Å². The van der Waals surface area contributed by atoms with E-state index < -0.39 is 0 Å². The normalized spacial score (nSPS) is 28.4. The maximum Gasteiger partial charge on any atom is 0.126 e.